The molecule has 1 fully saturated rings. The van der Waals surface area contributed by atoms with E-state index in [1.54, 1.807) is 12.1 Å². The molecule has 0 amide bonds. The number of rotatable bonds is 6. The highest BCUT2D eigenvalue weighted by Gasteiger charge is 2.28. The Hall–Kier alpha value is -1.38. The molecule has 0 aliphatic carbocycles. The number of hydrogen-bond donors (Lipinski definition) is 1. The number of hydrogen-bond acceptors (Lipinski definition) is 3. The van der Waals surface area contributed by atoms with Crippen LogP contribution in [0.3, 0.4) is 0 Å². The number of carbonyl (C=O) groups is 1. The molecule has 1 unspecified atom stereocenters. The van der Waals surface area contributed by atoms with Crippen LogP contribution < -0.4 is 5.32 Å². The Morgan fingerprint density at radius 1 is 1.35 bits per heavy atom. The second-order valence-electron chi connectivity index (χ2n) is 6.15. The number of guanidine groups is 1. The number of ether oxygens (including phenoxy) is 1. The first-order chi connectivity index (χ1) is 12.1. The molecule has 1 aromatic carbocycles. The summed E-state index contributed by atoms with van der Waals surface area (Å²) in [5, 5.41) is 3.30. The molecule has 1 aromatic rings. The Morgan fingerprint density at radius 3 is 2.73 bits per heavy atom. The van der Waals surface area contributed by atoms with Gasteiger partial charge in [0.2, 0.25) is 0 Å². The minimum absolute atomic E-state index is 0. The van der Waals surface area contributed by atoms with Crippen molar-refractivity contribution in [1.82, 2.24) is 10.2 Å². The Kier molecular flexibility index (Phi) is 10.5. The summed E-state index contributed by atoms with van der Waals surface area (Å²) in [4.78, 5) is 18.8. The first kappa shape index (κ1) is 22.7. The van der Waals surface area contributed by atoms with E-state index in [-0.39, 0.29) is 41.7 Å². The van der Waals surface area contributed by atoms with Crippen molar-refractivity contribution in [1.29, 1.82) is 0 Å². The Labute approximate surface area is 172 Å². The third kappa shape index (κ3) is 7.09. The fourth-order valence-corrected chi connectivity index (χ4v) is 2.99. The zero-order valence-electron chi connectivity index (χ0n) is 15.5. The molecule has 1 saturated heterocycles. The fraction of sp³-hybridized carbons (Fsp3) is 0.579. The number of piperidine rings is 1. The zero-order valence-corrected chi connectivity index (χ0v) is 17.9. The van der Waals surface area contributed by atoms with Crippen LogP contribution in [0, 0.1) is 11.7 Å². The summed E-state index contributed by atoms with van der Waals surface area (Å²) < 4.78 is 18.1. The first-order valence-electron chi connectivity index (χ1n) is 9.08. The Bertz CT molecular complexity index is 581. The SMILES string of the molecule is CCNC(=NCCc1ccc(F)cc1)N1CCCC(C(=O)OCC)C1.I. The molecule has 0 radical (unpaired) electrons. The van der Waals surface area contributed by atoms with Gasteiger partial charge < -0.3 is 15.0 Å². The molecule has 26 heavy (non-hydrogen) atoms. The molecule has 0 saturated carbocycles. The maximum absolute atomic E-state index is 13.0. The lowest BCUT2D eigenvalue weighted by Gasteiger charge is -2.34. The van der Waals surface area contributed by atoms with Crippen LogP contribution in [0.2, 0.25) is 0 Å². The Morgan fingerprint density at radius 2 is 2.08 bits per heavy atom. The summed E-state index contributed by atoms with van der Waals surface area (Å²) >= 11 is 0. The van der Waals surface area contributed by atoms with Gasteiger partial charge in [-0.25, -0.2) is 4.39 Å². The van der Waals surface area contributed by atoms with Crippen molar-refractivity contribution >= 4 is 35.9 Å². The van der Waals surface area contributed by atoms with Crippen molar-refractivity contribution < 1.29 is 13.9 Å². The van der Waals surface area contributed by atoms with E-state index in [4.69, 9.17) is 4.74 Å². The lowest BCUT2D eigenvalue weighted by molar-refractivity contribution is -0.149. The van der Waals surface area contributed by atoms with E-state index >= 15 is 0 Å². The summed E-state index contributed by atoms with van der Waals surface area (Å²) in [6.07, 6.45) is 2.57. The third-order valence-electron chi connectivity index (χ3n) is 4.25. The van der Waals surface area contributed by atoms with Gasteiger partial charge in [-0.15, -0.1) is 24.0 Å². The molecule has 0 bridgehead atoms. The van der Waals surface area contributed by atoms with Gasteiger partial charge in [-0.05, 0) is 50.8 Å². The zero-order chi connectivity index (χ0) is 18.1. The molecule has 1 N–H and O–H groups in total. The molecule has 7 heteroatoms. The molecule has 0 spiro atoms. The highest BCUT2D eigenvalue weighted by molar-refractivity contribution is 14.0. The van der Waals surface area contributed by atoms with Crippen molar-refractivity contribution in [2.45, 2.75) is 33.1 Å². The normalized spacial score (nSPS) is 17.4. The molecular formula is C19H29FIN3O2. The highest BCUT2D eigenvalue weighted by Crippen LogP contribution is 2.18. The van der Waals surface area contributed by atoms with Crippen LogP contribution in [-0.4, -0.2) is 49.6 Å². The van der Waals surface area contributed by atoms with Crippen molar-refractivity contribution in [3.63, 3.8) is 0 Å². The molecule has 1 heterocycles. The van der Waals surface area contributed by atoms with E-state index in [1.165, 1.54) is 12.1 Å². The van der Waals surface area contributed by atoms with Gasteiger partial charge in [-0.1, -0.05) is 12.1 Å². The summed E-state index contributed by atoms with van der Waals surface area (Å²) in [6.45, 7) is 7.20. The van der Waals surface area contributed by atoms with Gasteiger partial charge in [0, 0.05) is 26.2 Å². The van der Waals surface area contributed by atoms with Crippen LogP contribution in [0.15, 0.2) is 29.3 Å². The average Bonchev–Trinajstić information content (AvgIpc) is 2.63. The van der Waals surface area contributed by atoms with Gasteiger partial charge in [-0.3, -0.25) is 9.79 Å². The second-order valence-corrected chi connectivity index (χ2v) is 6.15. The lowest BCUT2D eigenvalue weighted by Crippen LogP contribution is -2.48. The van der Waals surface area contributed by atoms with E-state index < -0.39 is 0 Å². The number of likely N-dealkylation sites (tertiary alicyclic amines) is 1. The minimum atomic E-state index is -0.223. The number of benzene rings is 1. The number of aliphatic imine (C=N–C) groups is 1. The van der Waals surface area contributed by atoms with Gasteiger partial charge in [-0.2, -0.15) is 0 Å². The van der Waals surface area contributed by atoms with Crippen LogP contribution >= 0.6 is 24.0 Å². The largest absolute Gasteiger partial charge is 0.466 e. The van der Waals surface area contributed by atoms with Crippen LogP contribution in [0.1, 0.15) is 32.3 Å². The molecule has 5 nitrogen and oxygen atoms in total. The highest BCUT2D eigenvalue weighted by atomic mass is 127. The number of carbonyl (C=O) groups excluding carboxylic acids is 1. The van der Waals surface area contributed by atoms with Crippen LogP contribution in [-0.2, 0) is 16.0 Å². The van der Waals surface area contributed by atoms with E-state index in [9.17, 15) is 9.18 Å². The quantitative estimate of drug-likeness (QED) is 0.296. The lowest BCUT2D eigenvalue weighted by atomic mass is 9.98. The molecule has 146 valence electrons. The summed E-state index contributed by atoms with van der Waals surface area (Å²) in [6, 6.07) is 6.52. The van der Waals surface area contributed by atoms with Gasteiger partial charge in [0.25, 0.3) is 0 Å². The van der Waals surface area contributed by atoms with Gasteiger partial charge in [0.05, 0.1) is 12.5 Å². The summed E-state index contributed by atoms with van der Waals surface area (Å²) in [5.41, 5.74) is 1.06. The summed E-state index contributed by atoms with van der Waals surface area (Å²) in [5.74, 6) is 0.404. The molecule has 1 aliphatic heterocycles. The third-order valence-corrected chi connectivity index (χ3v) is 4.25. The number of nitrogens with zero attached hydrogens (tertiary/aromatic N) is 2. The Balaban J connectivity index is 0.00000338. The van der Waals surface area contributed by atoms with Gasteiger partial charge in [0.1, 0.15) is 5.82 Å². The topological polar surface area (TPSA) is 53.9 Å². The number of esters is 1. The number of halogens is 2. The smallest absolute Gasteiger partial charge is 0.310 e. The molecule has 1 atom stereocenters. The molecule has 0 aromatic heterocycles. The maximum Gasteiger partial charge on any atom is 0.310 e. The predicted molar refractivity (Wildman–Crippen MR) is 112 cm³/mol. The van der Waals surface area contributed by atoms with Crippen molar-refractivity contribution in [3.05, 3.63) is 35.6 Å². The predicted octanol–water partition coefficient (Wildman–Crippen LogP) is 3.23. The van der Waals surface area contributed by atoms with Crippen molar-refractivity contribution in [2.75, 3.05) is 32.8 Å². The van der Waals surface area contributed by atoms with E-state index in [1.807, 2.05) is 13.8 Å². The van der Waals surface area contributed by atoms with E-state index in [2.05, 4.69) is 15.2 Å². The standard InChI is InChI=1S/C19H28FN3O2.HI/c1-3-21-19(22-12-11-15-7-9-17(20)10-8-15)23-13-5-6-16(14-23)18(24)25-4-2;/h7-10,16H,3-6,11-14H2,1-2H3,(H,21,22);1H. The molecule has 1 aliphatic rings. The number of nitrogens with one attached hydrogen (secondary N) is 1. The monoisotopic (exact) mass is 477 g/mol. The summed E-state index contributed by atoms with van der Waals surface area (Å²) in [7, 11) is 0. The van der Waals surface area contributed by atoms with E-state index in [0.717, 1.165) is 43.9 Å². The van der Waals surface area contributed by atoms with Crippen molar-refractivity contribution in [2.24, 2.45) is 10.9 Å². The van der Waals surface area contributed by atoms with Crippen molar-refractivity contribution in [3.8, 4) is 0 Å². The first-order valence-corrected chi connectivity index (χ1v) is 9.08. The van der Waals surface area contributed by atoms with Crippen LogP contribution in [0.5, 0.6) is 0 Å². The maximum atomic E-state index is 13.0. The molecule has 2 rings (SSSR count). The van der Waals surface area contributed by atoms with Crippen LogP contribution in [0.4, 0.5) is 4.39 Å². The van der Waals surface area contributed by atoms with Gasteiger partial charge in [0.15, 0.2) is 5.96 Å². The fourth-order valence-electron chi connectivity index (χ4n) is 2.99. The second kappa shape index (κ2) is 12.1. The minimum Gasteiger partial charge on any atom is -0.466 e. The van der Waals surface area contributed by atoms with Crippen LogP contribution in [0.25, 0.3) is 0 Å². The average molecular weight is 477 g/mol. The molecular weight excluding hydrogens is 448 g/mol. The van der Waals surface area contributed by atoms with E-state index in [0.29, 0.717) is 19.7 Å². The van der Waals surface area contributed by atoms with Gasteiger partial charge >= 0.3 is 5.97 Å².